The van der Waals surface area contributed by atoms with Gasteiger partial charge in [-0.25, -0.2) is 9.78 Å². The molecule has 2 aliphatic heterocycles. The number of alkyl halides is 3. The Morgan fingerprint density at radius 3 is 2.77 bits per heavy atom. The maximum atomic E-state index is 12.9. The molecule has 0 saturated carbocycles. The molecule has 10 heteroatoms. The fourth-order valence-electron chi connectivity index (χ4n) is 3.11. The van der Waals surface area contributed by atoms with Gasteiger partial charge in [-0.05, 0) is 25.0 Å². The summed E-state index contributed by atoms with van der Waals surface area (Å²) >= 11 is 0. The summed E-state index contributed by atoms with van der Waals surface area (Å²) in [5.41, 5.74) is 0.398. The lowest BCUT2D eigenvalue weighted by atomic mass is 9.98. The highest BCUT2D eigenvalue weighted by molar-refractivity contribution is 5.89. The van der Waals surface area contributed by atoms with Crippen LogP contribution in [0.2, 0.25) is 0 Å². The minimum Gasteiger partial charge on any atom is -0.353 e. The van der Waals surface area contributed by atoms with Crippen LogP contribution in [0.15, 0.2) is 18.3 Å². The maximum absolute atomic E-state index is 12.9. The van der Waals surface area contributed by atoms with Crippen molar-refractivity contribution in [3.8, 4) is 0 Å². The van der Waals surface area contributed by atoms with E-state index >= 15 is 0 Å². The van der Waals surface area contributed by atoms with Crippen molar-refractivity contribution in [2.75, 3.05) is 42.9 Å². The molecule has 3 amide bonds. The first-order valence-electron chi connectivity index (χ1n) is 8.43. The van der Waals surface area contributed by atoms with Crippen molar-refractivity contribution in [3.05, 3.63) is 18.3 Å². The molecular weight excluding hydrogens is 351 g/mol. The third-order valence-corrected chi connectivity index (χ3v) is 4.53. The molecule has 2 saturated heterocycles. The molecule has 2 aliphatic rings. The summed E-state index contributed by atoms with van der Waals surface area (Å²) in [6.45, 7) is 1.35. The SMILES string of the molecule is O=C1CN(c2ccc(NC(=O)N3CCC[C@@H](C(F)(F)F)C3)cn2)CCN1. The number of nitrogens with zero attached hydrogens (tertiary/aromatic N) is 3. The summed E-state index contributed by atoms with van der Waals surface area (Å²) in [5.74, 6) is -0.958. The Morgan fingerprint density at radius 2 is 2.12 bits per heavy atom. The van der Waals surface area contributed by atoms with Crippen molar-refractivity contribution in [3.63, 3.8) is 0 Å². The predicted octanol–water partition coefficient (Wildman–Crippen LogP) is 1.82. The van der Waals surface area contributed by atoms with Gasteiger partial charge in [-0.3, -0.25) is 4.79 Å². The van der Waals surface area contributed by atoms with Crippen LogP contribution >= 0.6 is 0 Å². The predicted molar refractivity (Wildman–Crippen MR) is 88.8 cm³/mol. The van der Waals surface area contributed by atoms with Crippen LogP contribution in [0.25, 0.3) is 0 Å². The second-order valence-corrected chi connectivity index (χ2v) is 6.43. The van der Waals surface area contributed by atoms with Gasteiger partial charge in [0.15, 0.2) is 0 Å². The molecule has 142 valence electrons. The lowest BCUT2D eigenvalue weighted by molar-refractivity contribution is -0.183. The number of likely N-dealkylation sites (tertiary alicyclic amines) is 1. The third kappa shape index (κ3) is 4.36. The van der Waals surface area contributed by atoms with E-state index < -0.39 is 18.1 Å². The zero-order valence-electron chi connectivity index (χ0n) is 14.1. The number of urea groups is 1. The van der Waals surface area contributed by atoms with Crippen LogP contribution in [0.3, 0.4) is 0 Å². The fraction of sp³-hybridized carbons (Fsp3) is 0.562. The summed E-state index contributed by atoms with van der Waals surface area (Å²) in [7, 11) is 0. The van der Waals surface area contributed by atoms with Crippen LogP contribution in [-0.4, -0.2) is 60.7 Å². The number of pyridine rings is 1. The summed E-state index contributed by atoms with van der Waals surface area (Å²) in [6.07, 6.45) is -2.48. The molecule has 1 aromatic heterocycles. The van der Waals surface area contributed by atoms with Gasteiger partial charge in [0.1, 0.15) is 5.82 Å². The molecule has 0 aliphatic carbocycles. The first-order valence-corrected chi connectivity index (χ1v) is 8.43. The van der Waals surface area contributed by atoms with Crippen molar-refractivity contribution in [1.29, 1.82) is 0 Å². The Balaban J connectivity index is 1.58. The van der Waals surface area contributed by atoms with E-state index in [9.17, 15) is 22.8 Å². The van der Waals surface area contributed by atoms with Gasteiger partial charge < -0.3 is 20.4 Å². The highest BCUT2D eigenvalue weighted by Crippen LogP contribution is 2.33. The van der Waals surface area contributed by atoms with Gasteiger partial charge in [-0.15, -0.1) is 0 Å². The smallest absolute Gasteiger partial charge is 0.353 e. The third-order valence-electron chi connectivity index (χ3n) is 4.53. The average molecular weight is 371 g/mol. The summed E-state index contributed by atoms with van der Waals surface area (Å²) in [6, 6.07) is 2.73. The molecule has 26 heavy (non-hydrogen) atoms. The number of rotatable bonds is 2. The molecule has 2 N–H and O–H groups in total. The molecule has 0 spiro atoms. The number of piperazine rings is 1. The second kappa shape index (κ2) is 7.38. The Kier molecular flexibility index (Phi) is 5.19. The van der Waals surface area contributed by atoms with Crippen molar-refractivity contribution in [2.45, 2.75) is 19.0 Å². The summed E-state index contributed by atoms with van der Waals surface area (Å²) in [4.78, 5) is 30.8. The maximum Gasteiger partial charge on any atom is 0.393 e. The molecule has 0 aromatic carbocycles. The average Bonchev–Trinajstić information content (AvgIpc) is 2.62. The van der Waals surface area contributed by atoms with Gasteiger partial charge in [0.2, 0.25) is 5.91 Å². The number of aromatic nitrogens is 1. The highest BCUT2D eigenvalue weighted by Gasteiger charge is 2.42. The van der Waals surface area contributed by atoms with E-state index in [-0.39, 0.29) is 25.4 Å². The Hall–Kier alpha value is -2.52. The molecule has 0 unspecified atom stereocenters. The quantitative estimate of drug-likeness (QED) is 0.832. The van der Waals surface area contributed by atoms with E-state index in [4.69, 9.17) is 0 Å². The molecule has 1 atom stereocenters. The highest BCUT2D eigenvalue weighted by atomic mass is 19.4. The molecule has 7 nitrogen and oxygen atoms in total. The standard InChI is InChI=1S/C16H20F3N5O2/c17-16(18,19)11-2-1-6-24(9-11)15(26)22-12-3-4-13(21-8-12)23-7-5-20-14(25)10-23/h3-4,8,11H,1-2,5-7,9-10H2,(H,20,25)(H,22,26)/t11-/m1/s1. The van der Waals surface area contributed by atoms with E-state index in [0.717, 1.165) is 0 Å². The largest absolute Gasteiger partial charge is 0.393 e. The number of hydrogen-bond donors (Lipinski definition) is 2. The van der Waals surface area contributed by atoms with Crippen LogP contribution in [-0.2, 0) is 4.79 Å². The minimum atomic E-state index is -4.29. The molecule has 1 aromatic rings. The zero-order valence-corrected chi connectivity index (χ0v) is 14.1. The normalized spacial score (nSPS) is 21.3. The number of amides is 3. The summed E-state index contributed by atoms with van der Waals surface area (Å²) < 4.78 is 38.6. The molecule has 0 bridgehead atoms. The molecule has 0 radical (unpaired) electrons. The van der Waals surface area contributed by atoms with Crippen LogP contribution in [0, 0.1) is 5.92 Å². The van der Waals surface area contributed by atoms with Crippen molar-refractivity contribution >= 4 is 23.4 Å². The number of nitrogens with one attached hydrogen (secondary N) is 2. The topological polar surface area (TPSA) is 77.6 Å². The lowest BCUT2D eigenvalue weighted by Crippen LogP contribution is -2.48. The molecule has 3 heterocycles. The zero-order chi connectivity index (χ0) is 18.7. The van der Waals surface area contributed by atoms with Crippen LogP contribution in [0.5, 0.6) is 0 Å². The molecular formula is C16H20F3N5O2. The van der Waals surface area contributed by atoms with Gasteiger partial charge in [0.05, 0.1) is 24.3 Å². The minimum absolute atomic E-state index is 0.0486. The van der Waals surface area contributed by atoms with E-state index in [1.54, 1.807) is 12.1 Å². The number of piperidine rings is 1. The van der Waals surface area contributed by atoms with E-state index in [1.807, 2.05) is 4.90 Å². The van der Waals surface area contributed by atoms with Gasteiger partial charge >= 0.3 is 12.2 Å². The fourth-order valence-corrected chi connectivity index (χ4v) is 3.11. The van der Waals surface area contributed by atoms with Gasteiger partial charge in [0, 0.05) is 26.2 Å². The van der Waals surface area contributed by atoms with Crippen molar-refractivity contribution in [2.24, 2.45) is 5.92 Å². The number of anilines is 2. The lowest BCUT2D eigenvalue weighted by Gasteiger charge is -2.33. The Morgan fingerprint density at radius 1 is 1.31 bits per heavy atom. The van der Waals surface area contributed by atoms with E-state index in [1.165, 1.54) is 11.1 Å². The first kappa shape index (κ1) is 18.3. The number of carbonyl (C=O) groups is 2. The number of carbonyl (C=O) groups excluding carboxylic acids is 2. The molecule has 2 fully saturated rings. The van der Waals surface area contributed by atoms with E-state index in [0.29, 0.717) is 37.6 Å². The monoisotopic (exact) mass is 371 g/mol. The second-order valence-electron chi connectivity index (χ2n) is 6.43. The van der Waals surface area contributed by atoms with Crippen LogP contribution < -0.4 is 15.5 Å². The van der Waals surface area contributed by atoms with Gasteiger partial charge in [-0.1, -0.05) is 0 Å². The van der Waals surface area contributed by atoms with Gasteiger partial charge in [-0.2, -0.15) is 13.2 Å². The van der Waals surface area contributed by atoms with Crippen LogP contribution in [0.1, 0.15) is 12.8 Å². The molecule has 3 rings (SSSR count). The summed E-state index contributed by atoms with van der Waals surface area (Å²) in [5, 5.41) is 5.30. The van der Waals surface area contributed by atoms with Crippen molar-refractivity contribution in [1.82, 2.24) is 15.2 Å². The first-order chi connectivity index (χ1) is 12.3. The van der Waals surface area contributed by atoms with E-state index in [2.05, 4.69) is 15.6 Å². The Labute approximate surface area is 148 Å². The van der Waals surface area contributed by atoms with Gasteiger partial charge in [0.25, 0.3) is 0 Å². The van der Waals surface area contributed by atoms with Crippen molar-refractivity contribution < 1.29 is 22.8 Å². The Bertz CT molecular complexity index is 665. The van der Waals surface area contributed by atoms with Crippen LogP contribution in [0.4, 0.5) is 29.5 Å². The number of hydrogen-bond acceptors (Lipinski definition) is 4. The number of halogens is 3.